The van der Waals surface area contributed by atoms with E-state index in [4.69, 9.17) is 5.73 Å². The molecular formula is C11H16ClNO2S. The summed E-state index contributed by atoms with van der Waals surface area (Å²) in [6.45, 7) is 0. The van der Waals surface area contributed by atoms with Crippen LogP contribution in [-0.4, -0.2) is 20.7 Å². The fourth-order valence-corrected chi connectivity index (χ4v) is 1.69. The maximum atomic E-state index is 10.8. The molecule has 0 unspecified atom stereocenters. The molecule has 0 heterocycles. The Morgan fingerprint density at radius 2 is 1.88 bits per heavy atom. The van der Waals surface area contributed by atoms with Crippen molar-refractivity contribution in [2.45, 2.75) is 12.5 Å². The topological polar surface area (TPSA) is 60.2 Å². The lowest BCUT2D eigenvalue weighted by atomic mass is 10.1. The van der Waals surface area contributed by atoms with Gasteiger partial charge in [0.2, 0.25) is 0 Å². The van der Waals surface area contributed by atoms with Gasteiger partial charge in [-0.15, -0.1) is 12.4 Å². The molecule has 0 saturated carbocycles. The van der Waals surface area contributed by atoms with Crippen molar-refractivity contribution in [3.63, 3.8) is 0 Å². The van der Waals surface area contributed by atoms with E-state index in [1.807, 2.05) is 30.3 Å². The van der Waals surface area contributed by atoms with Gasteiger partial charge in [0.05, 0.1) is 0 Å². The minimum atomic E-state index is -3.07. The summed E-state index contributed by atoms with van der Waals surface area (Å²) >= 11 is 0. The van der Waals surface area contributed by atoms with Gasteiger partial charge in [-0.2, -0.15) is 0 Å². The number of hydrogen-bond acceptors (Lipinski definition) is 3. The van der Waals surface area contributed by atoms with Gasteiger partial charge in [-0.1, -0.05) is 36.4 Å². The van der Waals surface area contributed by atoms with Crippen LogP contribution in [0.25, 0.3) is 0 Å². The summed E-state index contributed by atoms with van der Waals surface area (Å²) in [4.78, 5) is 0. The molecule has 2 N–H and O–H groups in total. The Labute approximate surface area is 103 Å². The van der Waals surface area contributed by atoms with E-state index in [9.17, 15) is 8.42 Å². The minimum absolute atomic E-state index is 0. The van der Waals surface area contributed by atoms with E-state index in [1.165, 1.54) is 6.08 Å². The predicted molar refractivity (Wildman–Crippen MR) is 69.4 cm³/mol. The second-order valence-electron chi connectivity index (χ2n) is 3.51. The lowest BCUT2D eigenvalue weighted by molar-refractivity contribution is 0.609. The van der Waals surface area contributed by atoms with E-state index >= 15 is 0 Å². The highest BCUT2D eigenvalue weighted by Crippen LogP contribution is 2.02. The summed E-state index contributed by atoms with van der Waals surface area (Å²) in [5.41, 5.74) is 6.86. The molecule has 16 heavy (non-hydrogen) atoms. The molecule has 0 amide bonds. The van der Waals surface area contributed by atoms with Gasteiger partial charge in [0.25, 0.3) is 0 Å². The number of nitrogens with two attached hydrogens (primary N) is 1. The minimum Gasteiger partial charge on any atom is -0.324 e. The van der Waals surface area contributed by atoms with Gasteiger partial charge in [0.15, 0.2) is 9.84 Å². The van der Waals surface area contributed by atoms with Gasteiger partial charge in [-0.3, -0.25) is 0 Å². The first-order chi connectivity index (χ1) is 6.97. The molecule has 0 aliphatic rings. The van der Waals surface area contributed by atoms with Crippen molar-refractivity contribution in [1.29, 1.82) is 0 Å². The first-order valence-electron chi connectivity index (χ1n) is 4.65. The SMILES string of the molecule is CS(=O)(=O)/C=C/[C@H](N)Cc1ccccc1.Cl. The fourth-order valence-electron chi connectivity index (χ4n) is 1.20. The van der Waals surface area contributed by atoms with Crippen LogP contribution in [0.5, 0.6) is 0 Å². The van der Waals surface area contributed by atoms with Gasteiger partial charge in [-0.05, 0) is 12.0 Å². The summed E-state index contributed by atoms with van der Waals surface area (Å²) in [5, 5.41) is 1.15. The molecule has 0 radical (unpaired) electrons. The van der Waals surface area contributed by atoms with Crippen LogP contribution < -0.4 is 5.73 Å². The smallest absolute Gasteiger partial charge is 0.168 e. The molecule has 0 saturated heterocycles. The Hall–Kier alpha value is -0.840. The zero-order valence-corrected chi connectivity index (χ0v) is 10.7. The second kappa shape index (κ2) is 6.68. The highest BCUT2D eigenvalue weighted by atomic mass is 35.5. The maximum Gasteiger partial charge on any atom is 0.168 e. The Balaban J connectivity index is 0.00000225. The maximum absolute atomic E-state index is 10.8. The number of halogens is 1. The van der Waals surface area contributed by atoms with Crippen molar-refractivity contribution in [2.75, 3.05) is 6.26 Å². The van der Waals surface area contributed by atoms with E-state index in [-0.39, 0.29) is 18.4 Å². The molecule has 0 aliphatic heterocycles. The molecule has 0 fully saturated rings. The van der Waals surface area contributed by atoms with Gasteiger partial charge >= 0.3 is 0 Å². The van der Waals surface area contributed by atoms with Crippen LogP contribution in [-0.2, 0) is 16.3 Å². The normalized spacial score (nSPS) is 13.4. The second-order valence-corrected chi connectivity index (χ2v) is 5.44. The molecule has 1 aromatic carbocycles. The quantitative estimate of drug-likeness (QED) is 0.894. The lowest BCUT2D eigenvalue weighted by Gasteiger charge is -2.05. The van der Waals surface area contributed by atoms with Crippen LogP contribution in [0.2, 0.25) is 0 Å². The van der Waals surface area contributed by atoms with Crippen molar-refractivity contribution in [2.24, 2.45) is 5.73 Å². The summed E-state index contributed by atoms with van der Waals surface area (Å²) in [5.74, 6) is 0. The molecule has 1 aromatic rings. The van der Waals surface area contributed by atoms with Gasteiger partial charge in [-0.25, -0.2) is 8.42 Å². The van der Waals surface area contributed by atoms with Crippen LogP contribution in [0.1, 0.15) is 5.56 Å². The zero-order chi connectivity index (χ0) is 11.3. The molecule has 1 atom stereocenters. The highest BCUT2D eigenvalue weighted by molar-refractivity contribution is 7.93. The Bertz CT molecular complexity index is 429. The van der Waals surface area contributed by atoms with E-state index in [2.05, 4.69) is 0 Å². The monoisotopic (exact) mass is 261 g/mol. The van der Waals surface area contributed by atoms with Crippen molar-refractivity contribution >= 4 is 22.2 Å². The molecule has 3 nitrogen and oxygen atoms in total. The number of hydrogen-bond donors (Lipinski definition) is 1. The number of benzene rings is 1. The zero-order valence-electron chi connectivity index (χ0n) is 9.04. The van der Waals surface area contributed by atoms with Crippen molar-refractivity contribution < 1.29 is 8.42 Å². The number of sulfone groups is 1. The Morgan fingerprint density at radius 3 is 2.38 bits per heavy atom. The van der Waals surface area contributed by atoms with Crippen LogP contribution >= 0.6 is 12.4 Å². The van der Waals surface area contributed by atoms with Gasteiger partial charge < -0.3 is 5.73 Å². The average Bonchev–Trinajstić information content (AvgIpc) is 2.15. The van der Waals surface area contributed by atoms with Gasteiger partial charge in [0.1, 0.15) is 0 Å². The Kier molecular flexibility index (Phi) is 6.33. The van der Waals surface area contributed by atoms with E-state index in [1.54, 1.807) is 0 Å². The van der Waals surface area contributed by atoms with Crippen molar-refractivity contribution in [3.05, 3.63) is 47.4 Å². The third kappa shape index (κ3) is 6.61. The van der Waals surface area contributed by atoms with Crippen LogP contribution in [0.4, 0.5) is 0 Å². The molecule has 5 heteroatoms. The molecule has 1 rings (SSSR count). The van der Waals surface area contributed by atoms with Gasteiger partial charge in [0, 0.05) is 17.7 Å². The largest absolute Gasteiger partial charge is 0.324 e. The van der Waals surface area contributed by atoms with Crippen molar-refractivity contribution in [3.8, 4) is 0 Å². The average molecular weight is 262 g/mol. The number of rotatable bonds is 4. The standard InChI is InChI=1S/C11H15NO2S.ClH/c1-15(13,14)8-7-11(12)9-10-5-3-2-4-6-10;/h2-8,11H,9,12H2,1H3;1H/b8-7+;/t11-;/m0./s1. The molecule has 0 aliphatic carbocycles. The van der Waals surface area contributed by atoms with Crippen LogP contribution in [0, 0.1) is 0 Å². The van der Waals surface area contributed by atoms with Crippen LogP contribution in [0.15, 0.2) is 41.8 Å². The lowest BCUT2D eigenvalue weighted by Crippen LogP contribution is -2.20. The molecule has 0 bridgehead atoms. The molecular weight excluding hydrogens is 246 g/mol. The fraction of sp³-hybridized carbons (Fsp3) is 0.273. The summed E-state index contributed by atoms with van der Waals surface area (Å²) < 4.78 is 21.7. The highest BCUT2D eigenvalue weighted by Gasteiger charge is 2.01. The van der Waals surface area contributed by atoms with E-state index in [0.29, 0.717) is 6.42 Å². The Morgan fingerprint density at radius 1 is 1.31 bits per heavy atom. The summed E-state index contributed by atoms with van der Waals surface area (Å²) in [6.07, 6.45) is 3.31. The summed E-state index contributed by atoms with van der Waals surface area (Å²) in [6, 6.07) is 9.47. The van der Waals surface area contributed by atoms with E-state index < -0.39 is 9.84 Å². The van der Waals surface area contributed by atoms with E-state index in [0.717, 1.165) is 17.2 Å². The third-order valence-electron chi connectivity index (χ3n) is 1.89. The molecule has 90 valence electrons. The third-order valence-corrected chi connectivity index (χ3v) is 2.54. The van der Waals surface area contributed by atoms with Crippen molar-refractivity contribution in [1.82, 2.24) is 0 Å². The predicted octanol–water partition coefficient (Wildman–Crippen LogP) is 1.54. The molecule has 0 spiro atoms. The molecule has 0 aromatic heterocycles. The van der Waals surface area contributed by atoms with Crippen LogP contribution in [0.3, 0.4) is 0 Å². The first-order valence-corrected chi connectivity index (χ1v) is 6.60. The first kappa shape index (κ1) is 15.2. The summed E-state index contributed by atoms with van der Waals surface area (Å²) in [7, 11) is -3.07.